The van der Waals surface area contributed by atoms with Crippen LogP contribution in [0.3, 0.4) is 0 Å². The van der Waals surface area contributed by atoms with E-state index in [0.29, 0.717) is 17.7 Å². The first-order chi connectivity index (χ1) is 9.81. The van der Waals surface area contributed by atoms with E-state index in [-0.39, 0.29) is 11.6 Å². The van der Waals surface area contributed by atoms with Crippen LogP contribution in [0.5, 0.6) is 5.75 Å². The van der Waals surface area contributed by atoms with Crippen molar-refractivity contribution in [2.75, 3.05) is 0 Å². The standard InChI is InChI=1S/C16H21NO4/c1-5-10-6-7-11(21-17)8-12(10)13-14(18)9(2)20-16(3,4)15(13)19/h6-9,13H,5,17H2,1-4H3. The van der Waals surface area contributed by atoms with Crippen LogP contribution in [0.1, 0.15) is 44.7 Å². The minimum Gasteiger partial charge on any atom is -0.412 e. The first-order valence-corrected chi connectivity index (χ1v) is 7.07. The molecule has 1 aromatic carbocycles. The average Bonchev–Trinajstić information content (AvgIpc) is 2.45. The molecule has 0 saturated carbocycles. The molecule has 1 aromatic rings. The van der Waals surface area contributed by atoms with Crippen molar-refractivity contribution in [2.45, 2.75) is 51.7 Å². The molecular weight excluding hydrogens is 270 g/mol. The second-order valence-corrected chi connectivity index (χ2v) is 5.80. The molecule has 0 spiro atoms. The van der Waals surface area contributed by atoms with Gasteiger partial charge in [-0.05, 0) is 50.5 Å². The van der Waals surface area contributed by atoms with E-state index in [1.807, 2.05) is 13.0 Å². The number of Topliss-reactive ketones (excluding diaryl/α,β-unsaturated/α-hetero) is 2. The molecular formula is C16H21NO4. The summed E-state index contributed by atoms with van der Waals surface area (Å²) in [6.45, 7) is 7.05. The number of carbonyl (C=O) groups excluding carboxylic acids is 2. The SMILES string of the molecule is CCc1ccc(ON)cc1C1C(=O)C(C)OC(C)(C)C1=O. The Morgan fingerprint density at radius 1 is 1.33 bits per heavy atom. The van der Waals surface area contributed by atoms with E-state index >= 15 is 0 Å². The molecule has 0 aromatic heterocycles. The highest BCUT2D eigenvalue weighted by Gasteiger charge is 2.48. The number of hydrogen-bond donors (Lipinski definition) is 1. The van der Waals surface area contributed by atoms with Crippen LogP contribution in [0.25, 0.3) is 0 Å². The molecule has 5 nitrogen and oxygen atoms in total. The summed E-state index contributed by atoms with van der Waals surface area (Å²) in [7, 11) is 0. The quantitative estimate of drug-likeness (QED) is 0.680. The summed E-state index contributed by atoms with van der Waals surface area (Å²) in [6, 6.07) is 5.24. The Kier molecular flexibility index (Phi) is 4.16. The molecule has 1 saturated heterocycles. The summed E-state index contributed by atoms with van der Waals surface area (Å²) in [5.41, 5.74) is 0.619. The minimum absolute atomic E-state index is 0.219. The van der Waals surface area contributed by atoms with E-state index in [1.54, 1.807) is 32.9 Å². The fourth-order valence-corrected chi connectivity index (χ4v) is 2.80. The zero-order chi connectivity index (χ0) is 15.8. The zero-order valence-corrected chi connectivity index (χ0v) is 12.8. The van der Waals surface area contributed by atoms with Crippen LogP contribution in [-0.2, 0) is 20.7 Å². The molecule has 114 valence electrons. The van der Waals surface area contributed by atoms with Gasteiger partial charge in [0, 0.05) is 0 Å². The molecule has 5 heteroatoms. The molecule has 1 fully saturated rings. The number of hydrogen-bond acceptors (Lipinski definition) is 5. The van der Waals surface area contributed by atoms with Crippen LogP contribution in [0, 0.1) is 0 Å². The second kappa shape index (κ2) is 5.58. The predicted molar refractivity (Wildman–Crippen MR) is 78.0 cm³/mol. The number of carbonyl (C=O) groups is 2. The number of nitrogens with two attached hydrogens (primary N) is 1. The van der Waals surface area contributed by atoms with Gasteiger partial charge in [0.2, 0.25) is 0 Å². The molecule has 21 heavy (non-hydrogen) atoms. The lowest BCUT2D eigenvalue weighted by Gasteiger charge is -2.37. The van der Waals surface area contributed by atoms with Crippen molar-refractivity contribution in [3.63, 3.8) is 0 Å². The number of ether oxygens (including phenoxy) is 1. The van der Waals surface area contributed by atoms with Gasteiger partial charge in [-0.25, -0.2) is 0 Å². The van der Waals surface area contributed by atoms with Crippen LogP contribution in [0.15, 0.2) is 18.2 Å². The first kappa shape index (κ1) is 15.7. The molecule has 2 rings (SSSR count). The second-order valence-electron chi connectivity index (χ2n) is 5.80. The van der Waals surface area contributed by atoms with Crippen LogP contribution < -0.4 is 10.7 Å². The van der Waals surface area contributed by atoms with E-state index in [4.69, 9.17) is 15.5 Å². The third-order valence-corrected chi connectivity index (χ3v) is 3.96. The fourth-order valence-electron chi connectivity index (χ4n) is 2.80. The van der Waals surface area contributed by atoms with Crippen molar-refractivity contribution in [1.29, 1.82) is 0 Å². The van der Waals surface area contributed by atoms with Crippen molar-refractivity contribution in [3.8, 4) is 5.75 Å². The monoisotopic (exact) mass is 291 g/mol. The van der Waals surface area contributed by atoms with Gasteiger partial charge in [-0.3, -0.25) is 9.59 Å². The normalized spacial score (nSPS) is 25.0. The van der Waals surface area contributed by atoms with Gasteiger partial charge >= 0.3 is 0 Å². The number of rotatable bonds is 3. The van der Waals surface area contributed by atoms with E-state index < -0.39 is 17.6 Å². The lowest BCUT2D eigenvalue weighted by molar-refractivity contribution is -0.168. The molecule has 1 aliphatic rings. The summed E-state index contributed by atoms with van der Waals surface area (Å²) in [5.74, 6) is 4.35. The Morgan fingerprint density at radius 3 is 2.57 bits per heavy atom. The molecule has 1 aliphatic heterocycles. The van der Waals surface area contributed by atoms with E-state index in [1.165, 1.54) is 0 Å². The maximum Gasteiger partial charge on any atom is 0.179 e. The Labute approximate surface area is 124 Å². The Bertz CT molecular complexity index is 580. The van der Waals surface area contributed by atoms with E-state index in [2.05, 4.69) is 0 Å². The highest BCUT2D eigenvalue weighted by molar-refractivity contribution is 6.14. The van der Waals surface area contributed by atoms with Gasteiger partial charge in [-0.15, -0.1) is 0 Å². The summed E-state index contributed by atoms with van der Waals surface area (Å²) in [4.78, 5) is 29.9. The minimum atomic E-state index is -0.984. The summed E-state index contributed by atoms with van der Waals surface area (Å²) in [5, 5.41) is 0. The largest absolute Gasteiger partial charge is 0.412 e. The molecule has 0 radical (unpaired) electrons. The van der Waals surface area contributed by atoms with E-state index in [0.717, 1.165) is 5.56 Å². The third kappa shape index (κ3) is 2.71. The molecule has 0 aliphatic carbocycles. The Morgan fingerprint density at radius 2 is 2.00 bits per heavy atom. The van der Waals surface area contributed by atoms with Crippen LogP contribution in [-0.4, -0.2) is 23.3 Å². The molecule has 2 atom stereocenters. The van der Waals surface area contributed by atoms with Crippen molar-refractivity contribution >= 4 is 11.6 Å². The Hall–Kier alpha value is -1.72. The predicted octanol–water partition coefficient (Wildman–Crippen LogP) is 1.92. The van der Waals surface area contributed by atoms with E-state index in [9.17, 15) is 9.59 Å². The van der Waals surface area contributed by atoms with Gasteiger partial charge in [0.25, 0.3) is 0 Å². The lowest BCUT2D eigenvalue weighted by atomic mass is 9.77. The molecule has 2 unspecified atom stereocenters. The molecule has 2 N–H and O–H groups in total. The van der Waals surface area contributed by atoms with Crippen molar-refractivity contribution < 1.29 is 19.2 Å². The average molecular weight is 291 g/mol. The van der Waals surface area contributed by atoms with Crippen molar-refractivity contribution in [3.05, 3.63) is 29.3 Å². The maximum atomic E-state index is 12.7. The third-order valence-electron chi connectivity index (χ3n) is 3.96. The summed E-state index contributed by atoms with van der Waals surface area (Å²) >= 11 is 0. The maximum absolute atomic E-state index is 12.7. The van der Waals surface area contributed by atoms with Gasteiger partial charge < -0.3 is 9.57 Å². The van der Waals surface area contributed by atoms with Crippen molar-refractivity contribution in [2.24, 2.45) is 5.90 Å². The van der Waals surface area contributed by atoms with Gasteiger partial charge in [0.05, 0.1) is 0 Å². The molecule has 0 bridgehead atoms. The fraction of sp³-hybridized carbons (Fsp3) is 0.500. The summed E-state index contributed by atoms with van der Waals surface area (Å²) in [6.07, 6.45) is 0.0993. The van der Waals surface area contributed by atoms with Gasteiger partial charge in [-0.2, -0.15) is 5.90 Å². The number of benzene rings is 1. The number of ketones is 2. The topological polar surface area (TPSA) is 78.6 Å². The van der Waals surface area contributed by atoms with Gasteiger partial charge in [0.1, 0.15) is 23.4 Å². The first-order valence-electron chi connectivity index (χ1n) is 7.07. The lowest BCUT2D eigenvalue weighted by Crippen LogP contribution is -2.52. The Balaban J connectivity index is 2.57. The molecule has 0 amide bonds. The van der Waals surface area contributed by atoms with Crippen molar-refractivity contribution in [1.82, 2.24) is 0 Å². The van der Waals surface area contributed by atoms with Gasteiger partial charge in [-0.1, -0.05) is 13.0 Å². The van der Waals surface area contributed by atoms with Crippen LogP contribution >= 0.6 is 0 Å². The zero-order valence-electron chi connectivity index (χ0n) is 12.8. The van der Waals surface area contributed by atoms with Crippen LogP contribution in [0.4, 0.5) is 0 Å². The summed E-state index contributed by atoms with van der Waals surface area (Å²) < 4.78 is 5.52. The van der Waals surface area contributed by atoms with Gasteiger partial charge in [0.15, 0.2) is 11.6 Å². The van der Waals surface area contributed by atoms with Crippen LogP contribution in [0.2, 0.25) is 0 Å². The highest BCUT2D eigenvalue weighted by atomic mass is 16.6. The number of aryl methyl sites for hydroxylation is 1. The smallest absolute Gasteiger partial charge is 0.179 e. The molecule has 1 heterocycles. The highest BCUT2D eigenvalue weighted by Crippen LogP contribution is 2.36.